The number of sulfonamides is 1. The van der Waals surface area contributed by atoms with Gasteiger partial charge in [-0.1, -0.05) is 12.8 Å². The summed E-state index contributed by atoms with van der Waals surface area (Å²) in [6, 6.07) is 3.21. The summed E-state index contributed by atoms with van der Waals surface area (Å²) >= 11 is 0. The maximum absolute atomic E-state index is 12.5. The van der Waals surface area contributed by atoms with Gasteiger partial charge in [0.05, 0.1) is 0 Å². The predicted octanol–water partition coefficient (Wildman–Crippen LogP) is 2.37. The molecule has 2 rings (SSSR count). The van der Waals surface area contributed by atoms with E-state index in [-0.39, 0.29) is 10.9 Å². The lowest BCUT2D eigenvalue weighted by Crippen LogP contribution is -2.37. The van der Waals surface area contributed by atoms with Crippen molar-refractivity contribution >= 4 is 15.8 Å². The summed E-state index contributed by atoms with van der Waals surface area (Å²) in [5.41, 5.74) is 0. The number of aromatic nitrogens is 1. The highest BCUT2D eigenvalue weighted by molar-refractivity contribution is 7.89. The maximum Gasteiger partial charge on any atom is 0.244 e. The second-order valence-electron chi connectivity index (χ2n) is 5.33. The van der Waals surface area contributed by atoms with Crippen LogP contribution in [0.2, 0.25) is 0 Å². The van der Waals surface area contributed by atoms with Gasteiger partial charge in [0.1, 0.15) is 10.7 Å². The van der Waals surface area contributed by atoms with Gasteiger partial charge in [-0.2, -0.15) is 0 Å². The van der Waals surface area contributed by atoms with Crippen molar-refractivity contribution in [1.82, 2.24) is 9.71 Å². The molecule has 0 bridgehead atoms. The van der Waals surface area contributed by atoms with Crippen LogP contribution in [0.15, 0.2) is 23.2 Å². The van der Waals surface area contributed by atoms with Crippen LogP contribution >= 0.6 is 0 Å². The van der Waals surface area contributed by atoms with Gasteiger partial charge in [0.15, 0.2) is 0 Å². The second kappa shape index (κ2) is 6.54. The first-order valence-electron chi connectivity index (χ1n) is 7.26. The summed E-state index contributed by atoms with van der Waals surface area (Å²) in [6.07, 6.45) is 6.21. The van der Waals surface area contributed by atoms with Gasteiger partial charge in [-0.3, -0.25) is 0 Å². The van der Waals surface area contributed by atoms with Gasteiger partial charge in [0.2, 0.25) is 10.0 Å². The van der Waals surface area contributed by atoms with Crippen LogP contribution < -0.4 is 10.0 Å². The van der Waals surface area contributed by atoms with Gasteiger partial charge in [-0.25, -0.2) is 18.1 Å². The molecule has 0 spiro atoms. The van der Waals surface area contributed by atoms with Gasteiger partial charge >= 0.3 is 0 Å². The standard InChI is InChI=1S/C14H23N3O2S/c1-3-15-14-13(9-6-10-16-14)20(18,19)17-11(2)12-7-4-5-8-12/h6,9-12,17H,3-5,7-8H2,1-2H3,(H,15,16). The van der Waals surface area contributed by atoms with E-state index in [0.29, 0.717) is 18.3 Å². The molecule has 1 fully saturated rings. The van der Waals surface area contributed by atoms with Crippen molar-refractivity contribution in [3.8, 4) is 0 Å². The van der Waals surface area contributed by atoms with Gasteiger partial charge in [-0.15, -0.1) is 0 Å². The summed E-state index contributed by atoms with van der Waals surface area (Å²) in [4.78, 5) is 4.34. The molecule has 1 aromatic heterocycles. The van der Waals surface area contributed by atoms with Crippen LogP contribution in [0, 0.1) is 5.92 Å². The molecule has 1 aliphatic rings. The molecule has 1 saturated carbocycles. The minimum atomic E-state index is -3.52. The second-order valence-corrected chi connectivity index (χ2v) is 7.02. The van der Waals surface area contributed by atoms with E-state index in [0.717, 1.165) is 12.8 Å². The molecular formula is C14H23N3O2S. The van der Waals surface area contributed by atoms with E-state index in [1.54, 1.807) is 18.3 Å². The van der Waals surface area contributed by atoms with Crippen LogP contribution in [0.3, 0.4) is 0 Å². The average molecular weight is 297 g/mol. The fourth-order valence-electron chi connectivity index (χ4n) is 2.77. The molecule has 20 heavy (non-hydrogen) atoms. The molecule has 2 N–H and O–H groups in total. The third-order valence-corrected chi connectivity index (χ3v) is 5.44. The number of nitrogens with one attached hydrogen (secondary N) is 2. The Morgan fingerprint density at radius 2 is 2.10 bits per heavy atom. The van der Waals surface area contributed by atoms with E-state index in [2.05, 4.69) is 15.0 Å². The van der Waals surface area contributed by atoms with Crippen molar-refractivity contribution in [2.24, 2.45) is 5.92 Å². The van der Waals surface area contributed by atoms with Crippen LogP contribution in [0.25, 0.3) is 0 Å². The Kier molecular flexibility index (Phi) is 4.99. The Bertz CT molecular complexity index is 539. The van der Waals surface area contributed by atoms with E-state index in [4.69, 9.17) is 0 Å². The first-order valence-corrected chi connectivity index (χ1v) is 8.74. The molecule has 1 atom stereocenters. The third kappa shape index (κ3) is 3.49. The number of nitrogens with zero attached hydrogens (tertiary/aromatic N) is 1. The highest BCUT2D eigenvalue weighted by atomic mass is 32.2. The zero-order chi connectivity index (χ0) is 14.6. The molecule has 0 radical (unpaired) electrons. The Balaban J connectivity index is 2.17. The molecule has 1 aromatic rings. The lowest BCUT2D eigenvalue weighted by Gasteiger charge is -2.21. The highest BCUT2D eigenvalue weighted by Gasteiger charge is 2.27. The molecule has 0 saturated heterocycles. The summed E-state index contributed by atoms with van der Waals surface area (Å²) in [6.45, 7) is 4.51. The molecule has 0 amide bonds. The lowest BCUT2D eigenvalue weighted by molar-refractivity contribution is 0.424. The quantitative estimate of drug-likeness (QED) is 0.845. The smallest absolute Gasteiger partial charge is 0.244 e. The van der Waals surface area contributed by atoms with Gasteiger partial charge < -0.3 is 5.32 Å². The zero-order valence-corrected chi connectivity index (χ0v) is 12.9. The average Bonchev–Trinajstić information content (AvgIpc) is 2.93. The van der Waals surface area contributed by atoms with Crippen molar-refractivity contribution in [1.29, 1.82) is 0 Å². The van der Waals surface area contributed by atoms with Crippen molar-refractivity contribution in [2.75, 3.05) is 11.9 Å². The van der Waals surface area contributed by atoms with Crippen molar-refractivity contribution in [3.63, 3.8) is 0 Å². The van der Waals surface area contributed by atoms with Crippen LogP contribution in [-0.4, -0.2) is 26.0 Å². The Hall–Kier alpha value is -1.14. The number of hydrogen-bond acceptors (Lipinski definition) is 4. The number of anilines is 1. The molecule has 6 heteroatoms. The topological polar surface area (TPSA) is 71.1 Å². The molecule has 0 aromatic carbocycles. The molecule has 1 heterocycles. The minimum absolute atomic E-state index is 0.0304. The Labute approximate surface area is 121 Å². The predicted molar refractivity (Wildman–Crippen MR) is 80.1 cm³/mol. The van der Waals surface area contributed by atoms with E-state index in [1.807, 2.05) is 13.8 Å². The fourth-order valence-corrected chi connectivity index (χ4v) is 4.22. The summed E-state index contributed by atoms with van der Waals surface area (Å²) in [7, 11) is -3.52. The van der Waals surface area contributed by atoms with Crippen LogP contribution in [0.4, 0.5) is 5.82 Å². The van der Waals surface area contributed by atoms with Crippen molar-refractivity contribution < 1.29 is 8.42 Å². The SMILES string of the molecule is CCNc1ncccc1S(=O)(=O)NC(C)C1CCCC1. The Morgan fingerprint density at radius 1 is 1.40 bits per heavy atom. The lowest BCUT2D eigenvalue weighted by atomic mass is 10.0. The zero-order valence-electron chi connectivity index (χ0n) is 12.1. The summed E-state index contributed by atoms with van der Waals surface area (Å²) in [5, 5.41) is 2.99. The number of pyridine rings is 1. The first-order chi connectivity index (χ1) is 9.54. The Morgan fingerprint density at radius 3 is 2.75 bits per heavy atom. The monoisotopic (exact) mass is 297 g/mol. The fraction of sp³-hybridized carbons (Fsp3) is 0.643. The van der Waals surface area contributed by atoms with E-state index in [9.17, 15) is 8.42 Å². The highest BCUT2D eigenvalue weighted by Crippen LogP contribution is 2.28. The summed E-state index contributed by atoms with van der Waals surface area (Å²) < 4.78 is 27.8. The van der Waals surface area contributed by atoms with E-state index >= 15 is 0 Å². The molecular weight excluding hydrogens is 274 g/mol. The van der Waals surface area contributed by atoms with Gasteiger partial charge in [0, 0.05) is 18.8 Å². The van der Waals surface area contributed by atoms with Crippen molar-refractivity contribution in [2.45, 2.75) is 50.5 Å². The van der Waals surface area contributed by atoms with Crippen LogP contribution in [0.5, 0.6) is 0 Å². The van der Waals surface area contributed by atoms with Crippen LogP contribution in [-0.2, 0) is 10.0 Å². The largest absolute Gasteiger partial charge is 0.369 e. The molecule has 1 unspecified atom stereocenters. The molecule has 1 aliphatic carbocycles. The normalized spacial score (nSPS) is 18.1. The number of rotatable bonds is 6. The summed E-state index contributed by atoms with van der Waals surface area (Å²) in [5.74, 6) is 0.866. The van der Waals surface area contributed by atoms with E-state index in [1.165, 1.54) is 12.8 Å². The van der Waals surface area contributed by atoms with E-state index < -0.39 is 10.0 Å². The van der Waals surface area contributed by atoms with Crippen LogP contribution in [0.1, 0.15) is 39.5 Å². The maximum atomic E-state index is 12.5. The minimum Gasteiger partial charge on any atom is -0.369 e. The van der Waals surface area contributed by atoms with Crippen molar-refractivity contribution in [3.05, 3.63) is 18.3 Å². The molecule has 0 aliphatic heterocycles. The molecule has 112 valence electrons. The third-order valence-electron chi connectivity index (χ3n) is 3.85. The van der Waals surface area contributed by atoms with Gasteiger partial charge in [0.25, 0.3) is 0 Å². The first kappa shape index (κ1) is 15.3. The number of hydrogen-bond donors (Lipinski definition) is 2. The van der Waals surface area contributed by atoms with Gasteiger partial charge in [-0.05, 0) is 44.7 Å². The molecule has 5 nitrogen and oxygen atoms in total.